The fraction of sp³-hybridized carbons (Fsp3) is 0.712. The Labute approximate surface area is 572 Å². The third-order valence-electron chi connectivity index (χ3n) is 15.5. The summed E-state index contributed by atoms with van der Waals surface area (Å²) in [6.07, 6.45) is -47.7. The molecule has 0 aromatic rings. The van der Waals surface area contributed by atoms with Crippen molar-refractivity contribution in [2.75, 3.05) is 13.2 Å². The predicted octanol–water partition coefficient (Wildman–Crippen LogP) is -5.23. The number of primary amides is 2. The topological polar surface area (TPSA) is 580 Å². The van der Waals surface area contributed by atoms with Gasteiger partial charge in [0, 0.05) is 89.0 Å². The zero-order chi connectivity index (χ0) is 75.6. The van der Waals surface area contributed by atoms with Gasteiger partial charge in [0.05, 0.1) is 12.7 Å². The molecule has 42 heteroatoms. The van der Waals surface area contributed by atoms with Crippen LogP contribution in [0, 0.1) is 0 Å². The molecule has 5 heterocycles. The molecule has 0 aromatic carbocycles. The Balaban J connectivity index is 1.55. The van der Waals surface area contributed by atoms with Crippen LogP contribution in [0.5, 0.6) is 0 Å². The van der Waals surface area contributed by atoms with E-state index in [-0.39, 0.29) is 12.8 Å². The molecule has 5 fully saturated rings. The van der Waals surface area contributed by atoms with Crippen molar-refractivity contribution >= 4 is 89.2 Å². The number of nitrogens with two attached hydrogens (primary N) is 2. The Morgan fingerprint density at radius 2 is 0.911 bits per heavy atom. The predicted molar refractivity (Wildman–Crippen MR) is 314 cm³/mol. The number of ketones is 1. The number of aliphatic hydroxyl groups is 3. The molecule has 0 bridgehead atoms. The molecular formula is C59H81N5O37. The monoisotopic (exact) mass is 1450 g/mol. The molecule has 5 aliphatic heterocycles. The molecule has 6 rings (SSSR count). The van der Waals surface area contributed by atoms with Gasteiger partial charge in [0.25, 0.3) is 5.91 Å². The molecule has 42 nitrogen and oxygen atoms in total. The molecule has 10 unspecified atom stereocenters. The number of esters is 9. The normalized spacial score (nSPS) is 35.3. The quantitative estimate of drug-likeness (QED) is 0.0313. The molecular weight excluding hydrogens is 1370 g/mol. The molecule has 5 amide bonds. The second-order valence-electron chi connectivity index (χ2n) is 23.8. The highest BCUT2D eigenvalue weighted by Gasteiger charge is 2.63. The van der Waals surface area contributed by atoms with Gasteiger partial charge < -0.3 is 133 Å². The summed E-state index contributed by atoms with van der Waals surface area (Å²) in [6, 6.07) is -3.99. The second kappa shape index (κ2) is 34.7. The van der Waals surface area contributed by atoms with Crippen LogP contribution in [0.4, 0.5) is 4.79 Å². The molecule has 0 spiro atoms. The largest absolute Gasteiger partial charge is 0.510 e. The summed E-state index contributed by atoms with van der Waals surface area (Å²) in [5.74, 6) is -15.9. The maximum absolute atomic E-state index is 14.3. The van der Waals surface area contributed by atoms with Crippen LogP contribution in [0.2, 0.25) is 0 Å². The van der Waals surface area contributed by atoms with Gasteiger partial charge in [0.1, 0.15) is 60.2 Å². The first-order valence-electron chi connectivity index (χ1n) is 30.9. The number of aliphatic hydroxyl groups excluding tert-OH is 2. The van der Waals surface area contributed by atoms with Gasteiger partial charge in [-0.2, -0.15) is 0 Å². The average molecular weight is 1450 g/mol. The van der Waals surface area contributed by atoms with Gasteiger partial charge in [-0.1, -0.05) is 0 Å². The molecule has 0 saturated carbocycles. The van der Waals surface area contributed by atoms with Crippen LogP contribution in [-0.2, 0) is 157 Å². The Morgan fingerprint density at radius 3 is 1.39 bits per heavy atom. The number of hydrogen-bond donors (Lipinski definition) is 8. The third kappa shape index (κ3) is 20.9. The van der Waals surface area contributed by atoms with E-state index in [1.807, 2.05) is 0 Å². The lowest BCUT2D eigenvalue weighted by Gasteiger charge is -2.52. The van der Waals surface area contributed by atoms with Crippen molar-refractivity contribution in [3.63, 3.8) is 0 Å². The Bertz CT molecular complexity index is 3200. The Morgan fingerprint density at radius 1 is 0.485 bits per heavy atom. The number of carbonyl (C=O) groups is 15. The fourth-order valence-electron chi connectivity index (χ4n) is 11.9. The first-order chi connectivity index (χ1) is 47.1. The van der Waals surface area contributed by atoms with Crippen molar-refractivity contribution in [1.82, 2.24) is 16.0 Å². The van der Waals surface area contributed by atoms with Crippen LogP contribution in [0.1, 0.15) is 103 Å². The van der Waals surface area contributed by atoms with E-state index in [0.717, 1.165) is 83.1 Å². The lowest BCUT2D eigenvalue weighted by atomic mass is 9.85. The molecule has 564 valence electrons. The minimum Gasteiger partial charge on any atom is -0.510 e. The standard InChI is InChI=1S/C59H81N5O37/c1-18-37(96-57-47(93-29(12)75)44(91-27(10)73)43(90-26(9)72)45(98-57)52(79)64-34-30(76)14-15-31(34)77)40(87-23(6)69)35(62-19(2)65)54(85-18)97-38-33(17-84-56-46(92-28(11)74)42(89-25(8)71)39(86-22(5)68)32(95-56)16-83-21(4)67)94-55(36(63-20(3)66)41(38)88-24(7)70)99-48-49(101-58(61)81)59(13,82)50(51(60)78)100-53(48)80/h18,32-33,35-50,53-57,76,80,82H,14-17H2,1-13H3,(H2,60,78)(H2,61,81)(H,62,65)(H,63,66)(H,64,79)/t18?,32?,33?,35-,36-,37+,38+,39+,40?,41?,42?,43+,44?,45?,46-,47-,48?,49+,50?,53-,54-,55-,56+,57+,59-/m0/s1. The van der Waals surface area contributed by atoms with E-state index >= 15 is 0 Å². The van der Waals surface area contributed by atoms with Crippen LogP contribution in [-0.4, -0.2) is 271 Å². The summed E-state index contributed by atoms with van der Waals surface area (Å²) in [6.45, 7) is 10.2. The number of ether oxygens (including phenoxy) is 19. The van der Waals surface area contributed by atoms with Crippen LogP contribution >= 0.6 is 0 Å². The number of rotatable bonds is 25. The summed E-state index contributed by atoms with van der Waals surface area (Å²) in [5.41, 5.74) is 7.54. The molecule has 25 atom stereocenters. The van der Waals surface area contributed by atoms with E-state index in [1.54, 1.807) is 0 Å². The molecule has 10 N–H and O–H groups in total. The van der Waals surface area contributed by atoms with Gasteiger partial charge in [-0.05, 0) is 13.8 Å². The summed E-state index contributed by atoms with van der Waals surface area (Å²) in [7, 11) is 0. The summed E-state index contributed by atoms with van der Waals surface area (Å²) >= 11 is 0. The summed E-state index contributed by atoms with van der Waals surface area (Å²) in [4.78, 5) is 196. The van der Waals surface area contributed by atoms with E-state index < -0.39 is 267 Å². The van der Waals surface area contributed by atoms with Crippen molar-refractivity contribution in [1.29, 1.82) is 0 Å². The van der Waals surface area contributed by atoms with Crippen molar-refractivity contribution in [2.24, 2.45) is 11.5 Å². The van der Waals surface area contributed by atoms with Crippen LogP contribution in [0.15, 0.2) is 11.5 Å². The van der Waals surface area contributed by atoms with E-state index in [2.05, 4.69) is 16.0 Å². The lowest BCUT2D eigenvalue weighted by molar-refractivity contribution is -0.376. The van der Waals surface area contributed by atoms with Crippen LogP contribution < -0.4 is 27.4 Å². The van der Waals surface area contributed by atoms with E-state index in [9.17, 15) is 87.2 Å². The Kier molecular flexibility index (Phi) is 27.9. The molecule has 0 aromatic heterocycles. The first kappa shape index (κ1) is 81.1. The second-order valence-corrected chi connectivity index (χ2v) is 23.8. The summed E-state index contributed by atoms with van der Waals surface area (Å²) < 4.78 is 112. The maximum Gasteiger partial charge on any atom is 0.404 e. The molecule has 101 heavy (non-hydrogen) atoms. The highest BCUT2D eigenvalue weighted by atomic mass is 16.8. The van der Waals surface area contributed by atoms with E-state index in [4.69, 9.17) is 101 Å². The minimum atomic E-state index is -2.76. The molecule has 1 aliphatic carbocycles. The van der Waals surface area contributed by atoms with Crippen molar-refractivity contribution in [3.8, 4) is 0 Å². The van der Waals surface area contributed by atoms with Gasteiger partial charge in [0.2, 0.25) is 17.7 Å². The smallest absolute Gasteiger partial charge is 0.404 e. The average Bonchev–Trinajstić information content (AvgIpc) is 1.14. The third-order valence-corrected chi connectivity index (χ3v) is 15.5. The van der Waals surface area contributed by atoms with Crippen molar-refractivity contribution < 1.29 is 177 Å². The van der Waals surface area contributed by atoms with Gasteiger partial charge >= 0.3 is 59.8 Å². The molecule has 0 radical (unpaired) electrons. The first-order valence-corrected chi connectivity index (χ1v) is 30.9. The zero-order valence-electron chi connectivity index (χ0n) is 56.6. The number of allylic oxidation sites excluding steroid dienone is 2. The van der Waals surface area contributed by atoms with Gasteiger partial charge in [-0.15, -0.1) is 0 Å². The summed E-state index contributed by atoms with van der Waals surface area (Å²) in [5, 5.41) is 41.0. The van der Waals surface area contributed by atoms with E-state index in [1.165, 1.54) is 6.92 Å². The van der Waals surface area contributed by atoms with Crippen molar-refractivity contribution in [2.45, 2.75) is 256 Å². The fourth-order valence-corrected chi connectivity index (χ4v) is 11.9. The number of nitrogens with one attached hydrogen (secondary N) is 3. The Hall–Kier alpha value is -8.85. The van der Waals surface area contributed by atoms with E-state index in [0.29, 0.717) is 0 Å². The van der Waals surface area contributed by atoms with Crippen LogP contribution in [0.25, 0.3) is 0 Å². The van der Waals surface area contributed by atoms with Gasteiger partial charge in [-0.3, -0.25) is 67.1 Å². The number of hydrogen-bond acceptors (Lipinski definition) is 37. The van der Waals surface area contributed by atoms with Crippen LogP contribution in [0.3, 0.4) is 0 Å². The highest BCUT2D eigenvalue weighted by molar-refractivity contribution is 6.02. The number of Topliss-reactive ketones (excluding diaryl/α,β-unsaturated/α-hetero) is 1. The SMILES string of the molecule is CC(=O)N[C@H]1C(OC(C)=O)[C@H](O[C@@H]2OC(C(=O)NC3=C(O)CCC3=O)[C@H](OC(C)=O)C(OC(C)=O)[C@@H]2OC(C)=O)C(C)O[C@H]1O[C@@H]1C(CO[C@@H]2OC(COC(C)=O)[C@@H](OC(C)=O)C(OC(C)=O)[C@@H]2OC(C)=O)O[C@@H](OC2[C@@H](OC(N)=O)[C@](C)(O)C(C(N)=O)O[C@@H]2O)[C@@H](NC(C)=O)C1OC(C)=O. The van der Waals surface area contributed by atoms with Gasteiger partial charge in [0.15, 0.2) is 110 Å². The van der Waals surface area contributed by atoms with Gasteiger partial charge in [-0.25, -0.2) is 4.79 Å². The maximum atomic E-state index is 14.3. The minimum absolute atomic E-state index is 0.199. The highest BCUT2D eigenvalue weighted by Crippen LogP contribution is 2.41. The number of amides is 5. The zero-order valence-corrected chi connectivity index (χ0v) is 56.6. The molecule has 5 saturated heterocycles. The number of carbonyl (C=O) groups excluding carboxylic acids is 15. The lowest BCUT2D eigenvalue weighted by Crippen LogP contribution is -2.73. The van der Waals surface area contributed by atoms with Crippen molar-refractivity contribution in [3.05, 3.63) is 11.5 Å². The molecule has 6 aliphatic rings.